The Balaban J connectivity index is 2.09. The van der Waals surface area contributed by atoms with Gasteiger partial charge in [0.2, 0.25) is 0 Å². The molecule has 21 heavy (non-hydrogen) atoms. The zero-order valence-electron chi connectivity index (χ0n) is 13.4. The number of fused-ring (bicyclic) bond motifs is 1. The third-order valence-corrected chi connectivity index (χ3v) is 3.88. The van der Waals surface area contributed by atoms with Crippen LogP contribution in [-0.2, 0) is 13.1 Å². The molecule has 0 fully saturated rings. The normalized spacial score (nSPS) is 11.9. The second-order valence-electron chi connectivity index (χ2n) is 5.73. The zero-order chi connectivity index (χ0) is 15.2. The summed E-state index contributed by atoms with van der Waals surface area (Å²) < 4.78 is 6.02. The van der Waals surface area contributed by atoms with Crippen LogP contribution >= 0.6 is 0 Å². The lowest BCUT2D eigenvalue weighted by Gasteiger charge is -2.20. The van der Waals surface area contributed by atoms with Crippen molar-refractivity contribution < 1.29 is 4.42 Å². The number of nitrogens with two attached hydrogens (primary N) is 1. The summed E-state index contributed by atoms with van der Waals surface area (Å²) in [7, 11) is 4.23. The highest BCUT2D eigenvalue weighted by atomic mass is 16.3. The summed E-state index contributed by atoms with van der Waals surface area (Å²) >= 11 is 0. The van der Waals surface area contributed by atoms with Gasteiger partial charge in [-0.3, -0.25) is 4.90 Å². The summed E-state index contributed by atoms with van der Waals surface area (Å²) in [4.78, 5) is 4.64. The Morgan fingerprint density at radius 1 is 1.14 bits per heavy atom. The number of nitrogens with zero attached hydrogens (tertiary/aromatic N) is 2. The molecule has 0 saturated heterocycles. The predicted molar refractivity (Wildman–Crippen MR) is 88.2 cm³/mol. The van der Waals surface area contributed by atoms with Crippen molar-refractivity contribution in [2.75, 3.05) is 33.7 Å². The van der Waals surface area contributed by atoms with Crippen molar-refractivity contribution in [3.05, 3.63) is 35.6 Å². The molecule has 4 nitrogen and oxygen atoms in total. The zero-order valence-corrected chi connectivity index (χ0v) is 13.4. The van der Waals surface area contributed by atoms with Crippen molar-refractivity contribution in [1.82, 2.24) is 9.80 Å². The highest BCUT2D eigenvalue weighted by Crippen LogP contribution is 2.26. The Labute approximate surface area is 127 Å². The molecular weight excluding hydrogens is 262 g/mol. The molecule has 1 heterocycles. The number of furan rings is 1. The Kier molecular flexibility index (Phi) is 5.79. The first-order chi connectivity index (χ1) is 10.2. The SMILES string of the molecule is CCN(CCCN(C)C)Cc1oc2ccccc2c1CN. The molecule has 0 atom stereocenters. The van der Waals surface area contributed by atoms with Gasteiger partial charge in [0.05, 0.1) is 6.54 Å². The summed E-state index contributed by atoms with van der Waals surface area (Å²) in [6.07, 6.45) is 1.17. The molecule has 0 aliphatic rings. The lowest BCUT2D eigenvalue weighted by Crippen LogP contribution is -2.27. The molecule has 0 bridgehead atoms. The van der Waals surface area contributed by atoms with Crippen molar-refractivity contribution in [1.29, 1.82) is 0 Å². The van der Waals surface area contributed by atoms with Gasteiger partial charge in [-0.1, -0.05) is 25.1 Å². The van der Waals surface area contributed by atoms with Crippen LogP contribution in [0.5, 0.6) is 0 Å². The van der Waals surface area contributed by atoms with Gasteiger partial charge in [0.1, 0.15) is 11.3 Å². The summed E-state index contributed by atoms with van der Waals surface area (Å²) in [5.74, 6) is 1.02. The molecular formula is C17H27N3O. The molecule has 2 N–H and O–H groups in total. The summed E-state index contributed by atoms with van der Waals surface area (Å²) in [6.45, 7) is 6.78. The molecule has 4 heteroatoms. The van der Waals surface area contributed by atoms with Crippen molar-refractivity contribution in [2.45, 2.75) is 26.4 Å². The van der Waals surface area contributed by atoms with Crippen LogP contribution in [-0.4, -0.2) is 43.5 Å². The van der Waals surface area contributed by atoms with E-state index in [1.165, 1.54) is 6.42 Å². The van der Waals surface area contributed by atoms with Crippen molar-refractivity contribution in [3.8, 4) is 0 Å². The third-order valence-electron chi connectivity index (χ3n) is 3.88. The van der Waals surface area contributed by atoms with Crippen LogP contribution in [0.1, 0.15) is 24.7 Å². The Morgan fingerprint density at radius 2 is 1.90 bits per heavy atom. The van der Waals surface area contributed by atoms with Gasteiger partial charge < -0.3 is 15.1 Å². The third kappa shape index (κ3) is 4.06. The topological polar surface area (TPSA) is 45.6 Å². The average Bonchev–Trinajstić information content (AvgIpc) is 2.82. The van der Waals surface area contributed by atoms with Crippen LogP contribution in [0.4, 0.5) is 0 Å². The van der Waals surface area contributed by atoms with E-state index < -0.39 is 0 Å². The molecule has 2 aromatic rings. The van der Waals surface area contributed by atoms with E-state index in [0.717, 1.165) is 48.5 Å². The smallest absolute Gasteiger partial charge is 0.134 e. The largest absolute Gasteiger partial charge is 0.459 e. The first-order valence-electron chi connectivity index (χ1n) is 7.72. The number of benzene rings is 1. The van der Waals surface area contributed by atoms with E-state index in [2.05, 4.69) is 36.9 Å². The number of hydrogen-bond acceptors (Lipinski definition) is 4. The summed E-state index contributed by atoms with van der Waals surface area (Å²) in [5, 5.41) is 1.15. The van der Waals surface area contributed by atoms with Crippen LogP contribution in [0, 0.1) is 0 Å². The van der Waals surface area contributed by atoms with E-state index >= 15 is 0 Å². The van der Waals surface area contributed by atoms with Crippen LogP contribution in [0.2, 0.25) is 0 Å². The van der Waals surface area contributed by atoms with Gasteiger partial charge in [-0.15, -0.1) is 0 Å². The average molecular weight is 289 g/mol. The van der Waals surface area contributed by atoms with E-state index in [9.17, 15) is 0 Å². The van der Waals surface area contributed by atoms with E-state index in [4.69, 9.17) is 10.2 Å². The van der Waals surface area contributed by atoms with Gasteiger partial charge in [0, 0.05) is 17.5 Å². The lowest BCUT2D eigenvalue weighted by atomic mass is 10.1. The standard InChI is InChI=1S/C17H27N3O/c1-4-20(11-7-10-19(2)3)13-17-15(12-18)14-8-5-6-9-16(14)21-17/h5-6,8-9H,4,7,10-13,18H2,1-3H3. The van der Waals surface area contributed by atoms with E-state index in [1.807, 2.05) is 18.2 Å². The van der Waals surface area contributed by atoms with Crippen LogP contribution < -0.4 is 5.73 Å². The fourth-order valence-corrected chi connectivity index (χ4v) is 2.66. The van der Waals surface area contributed by atoms with Crippen LogP contribution in [0.25, 0.3) is 11.0 Å². The quantitative estimate of drug-likeness (QED) is 0.811. The van der Waals surface area contributed by atoms with Crippen molar-refractivity contribution >= 4 is 11.0 Å². The van der Waals surface area contributed by atoms with Crippen molar-refractivity contribution in [2.24, 2.45) is 5.73 Å². The first-order valence-corrected chi connectivity index (χ1v) is 7.72. The maximum Gasteiger partial charge on any atom is 0.134 e. The minimum atomic E-state index is 0.529. The molecule has 1 aromatic carbocycles. The minimum Gasteiger partial charge on any atom is -0.459 e. The van der Waals surface area contributed by atoms with Crippen molar-refractivity contribution in [3.63, 3.8) is 0 Å². The van der Waals surface area contributed by atoms with Gasteiger partial charge in [-0.25, -0.2) is 0 Å². The number of hydrogen-bond donors (Lipinski definition) is 1. The maximum absolute atomic E-state index is 6.02. The molecule has 0 unspecified atom stereocenters. The first kappa shape index (κ1) is 16.0. The van der Waals surface area contributed by atoms with E-state index in [0.29, 0.717) is 6.54 Å². The highest BCUT2D eigenvalue weighted by molar-refractivity contribution is 5.82. The molecule has 0 spiro atoms. The van der Waals surface area contributed by atoms with Gasteiger partial charge in [-0.05, 0) is 46.2 Å². The highest BCUT2D eigenvalue weighted by Gasteiger charge is 2.15. The molecule has 0 aliphatic heterocycles. The summed E-state index contributed by atoms with van der Waals surface area (Å²) in [6, 6.07) is 8.15. The lowest BCUT2D eigenvalue weighted by molar-refractivity contribution is 0.241. The molecule has 2 rings (SSSR count). The fraction of sp³-hybridized carbons (Fsp3) is 0.529. The molecule has 0 aliphatic carbocycles. The monoisotopic (exact) mass is 289 g/mol. The van der Waals surface area contributed by atoms with Gasteiger partial charge in [0.25, 0.3) is 0 Å². The second kappa shape index (κ2) is 7.59. The van der Waals surface area contributed by atoms with Crippen LogP contribution in [0.15, 0.2) is 28.7 Å². The number of rotatable bonds is 8. The molecule has 116 valence electrons. The van der Waals surface area contributed by atoms with E-state index in [1.54, 1.807) is 0 Å². The Bertz CT molecular complexity index is 562. The van der Waals surface area contributed by atoms with Crippen LogP contribution in [0.3, 0.4) is 0 Å². The second-order valence-corrected chi connectivity index (χ2v) is 5.73. The maximum atomic E-state index is 6.02. The van der Waals surface area contributed by atoms with E-state index in [-0.39, 0.29) is 0 Å². The summed E-state index contributed by atoms with van der Waals surface area (Å²) in [5.41, 5.74) is 8.02. The molecule has 0 radical (unpaired) electrons. The Morgan fingerprint density at radius 3 is 2.57 bits per heavy atom. The molecule has 1 aromatic heterocycles. The molecule has 0 amide bonds. The Hall–Kier alpha value is -1.36. The van der Waals surface area contributed by atoms with Gasteiger partial charge >= 0.3 is 0 Å². The molecule has 0 saturated carbocycles. The number of para-hydroxylation sites is 1. The minimum absolute atomic E-state index is 0.529. The van der Waals surface area contributed by atoms with Gasteiger partial charge in [-0.2, -0.15) is 0 Å². The fourth-order valence-electron chi connectivity index (χ4n) is 2.66. The predicted octanol–water partition coefficient (Wildman–Crippen LogP) is 2.67. The van der Waals surface area contributed by atoms with Gasteiger partial charge in [0.15, 0.2) is 0 Å².